The van der Waals surface area contributed by atoms with Crippen LogP contribution in [0.4, 0.5) is 31.8 Å². The molecule has 4 rings (SSSR count). The summed E-state index contributed by atoms with van der Waals surface area (Å²) in [5.41, 5.74) is 2.07. The van der Waals surface area contributed by atoms with Crippen LogP contribution < -0.4 is 15.5 Å². The van der Waals surface area contributed by atoms with Crippen molar-refractivity contribution in [2.45, 2.75) is 18.8 Å². The molecule has 0 saturated carbocycles. The molecule has 9 heteroatoms. The smallest absolute Gasteiger partial charge is 0.274 e. The molecule has 0 spiro atoms. The Morgan fingerprint density at radius 3 is 2.57 bits per heavy atom. The topological polar surface area (TPSA) is 83.0 Å². The molecule has 3 aromatic rings. The van der Waals surface area contributed by atoms with E-state index >= 15 is 0 Å². The fourth-order valence-corrected chi connectivity index (χ4v) is 3.22. The Bertz CT molecular complexity index is 1020. The van der Waals surface area contributed by atoms with Gasteiger partial charge < -0.3 is 15.5 Å². The third-order valence-electron chi connectivity index (χ3n) is 4.80. The number of nitrogens with one attached hydrogen (secondary N) is 2. The van der Waals surface area contributed by atoms with Crippen molar-refractivity contribution < 1.29 is 13.6 Å². The minimum absolute atomic E-state index is 0.170. The van der Waals surface area contributed by atoms with E-state index in [2.05, 4.69) is 25.6 Å². The molecule has 0 aliphatic carbocycles. The number of anilines is 4. The maximum absolute atomic E-state index is 13.5. The van der Waals surface area contributed by atoms with Crippen molar-refractivity contribution in [2.24, 2.45) is 0 Å². The van der Waals surface area contributed by atoms with Gasteiger partial charge in [-0.05, 0) is 24.3 Å². The number of aromatic nitrogens is 3. The lowest BCUT2D eigenvalue weighted by molar-refractivity contribution is -0.0220. The van der Waals surface area contributed by atoms with Gasteiger partial charge in [0.25, 0.3) is 11.8 Å². The summed E-state index contributed by atoms with van der Waals surface area (Å²) < 4.78 is 27.0. The van der Waals surface area contributed by atoms with Crippen LogP contribution >= 0.6 is 0 Å². The summed E-state index contributed by atoms with van der Waals surface area (Å²) in [5.74, 6) is -2.79. The molecule has 1 fully saturated rings. The molecule has 30 heavy (non-hydrogen) atoms. The molecule has 154 valence electrons. The highest BCUT2D eigenvalue weighted by molar-refractivity contribution is 6.04. The van der Waals surface area contributed by atoms with Crippen LogP contribution in [-0.2, 0) is 0 Å². The summed E-state index contributed by atoms with van der Waals surface area (Å²) in [4.78, 5) is 27.0. The average molecular weight is 410 g/mol. The first-order valence-electron chi connectivity index (χ1n) is 9.53. The van der Waals surface area contributed by atoms with E-state index in [4.69, 9.17) is 0 Å². The van der Waals surface area contributed by atoms with Gasteiger partial charge in [-0.1, -0.05) is 18.2 Å². The molecule has 1 aliphatic heterocycles. The Morgan fingerprint density at radius 1 is 1.03 bits per heavy atom. The number of halogens is 2. The lowest BCUT2D eigenvalue weighted by atomic mass is 10.1. The van der Waals surface area contributed by atoms with Gasteiger partial charge in [0.05, 0.1) is 17.6 Å². The predicted octanol–water partition coefficient (Wildman–Crippen LogP) is 4.10. The monoisotopic (exact) mass is 410 g/mol. The Balaban J connectivity index is 1.49. The van der Waals surface area contributed by atoms with E-state index < -0.39 is 11.8 Å². The van der Waals surface area contributed by atoms with E-state index in [1.54, 1.807) is 12.3 Å². The SMILES string of the molecule is O=C(Nc1cnccc1N1CCC(F)(F)CC1)c1ccnc(Nc2ccccc2)n1. The maximum Gasteiger partial charge on any atom is 0.274 e. The molecule has 0 unspecified atom stereocenters. The summed E-state index contributed by atoms with van der Waals surface area (Å²) in [6.07, 6.45) is 4.13. The number of amides is 1. The number of pyridine rings is 1. The van der Waals surface area contributed by atoms with E-state index in [9.17, 15) is 13.6 Å². The predicted molar refractivity (Wildman–Crippen MR) is 110 cm³/mol. The lowest BCUT2D eigenvalue weighted by Crippen LogP contribution is -2.39. The number of carbonyl (C=O) groups is 1. The number of benzene rings is 1. The van der Waals surface area contributed by atoms with Gasteiger partial charge in [-0.2, -0.15) is 0 Å². The van der Waals surface area contributed by atoms with Crippen molar-refractivity contribution in [1.29, 1.82) is 0 Å². The van der Waals surface area contributed by atoms with Gasteiger partial charge in [0.2, 0.25) is 5.95 Å². The van der Waals surface area contributed by atoms with Crippen LogP contribution in [0.5, 0.6) is 0 Å². The Hall–Kier alpha value is -3.62. The van der Waals surface area contributed by atoms with E-state index in [0.29, 0.717) is 17.3 Å². The number of nitrogens with zero attached hydrogens (tertiary/aromatic N) is 4. The third kappa shape index (κ3) is 4.68. The molecular weight excluding hydrogens is 390 g/mol. The van der Waals surface area contributed by atoms with E-state index in [-0.39, 0.29) is 31.6 Å². The molecule has 1 aromatic carbocycles. The summed E-state index contributed by atoms with van der Waals surface area (Å²) >= 11 is 0. The summed E-state index contributed by atoms with van der Waals surface area (Å²) in [6, 6.07) is 12.6. The minimum atomic E-state index is -2.64. The molecule has 1 aliphatic rings. The lowest BCUT2D eigenvalue weighted by Gasteiger charge is -2.34. The zero-order chi connectivity index (χ0) is 21.0. The fraction of sp³-hybridized carbons (Fsp3) is 0.238. The molecule has 2 N–H and O–H groups in total. The second-order valence-corrected chi connectivity index (χ2v) is 6.95. The second kappa shape index (κ2) is 8.40. The number of rotatable bonds is 5. The highest BCUT2D eigenvalue weighted by atomic mass is 19.3. The van der Waals surface area contributed by atoms with Gasteiger partial charge in [0, 0.05) is 44.0 Å². The van der Waals surface area contributed by atoms with Crippen molar-refractivity contribution in [3.63, 3.8) is 0 Å². The fourth-order valence-electron chi connectivity index (χ4n) is 3.22. The van der Waals surface area contributed by atoms with Gasteiger partial charge >= 0.3 is 0 Å². The first-order valence-corrected chi connectivity index (χ1v) is 9.53. The van der Waals surface area contributed by atoms with E-state index in [0.717, 1.165) is 5.69 Å². The van der Waals surface area contributed by atoms with Crippen LogP contribution in [0.3, 0.4) is 0 Å². The first kappa shape index (κ1) is 19.7. The number of hydrogen-bond acceptors (Lipinski definition) is 6. The van der Waals surface area contributed by atoms with Crippen molar-refractivity contribution in [1.82, 2.24) is 15.0 Å². The van der Waals surface area contributed by atoms with Crippen LogP contribution in [0, 0.1) is 0 Å². The third-order valence-corrected chi connectivity index (χ3v) is 4.80. The number of carbonyl (C=O) groups excluding carboxylic acids is 1. The van der Waals surface area contributed by atoms with Gasteiger partial charge in [-0.15, -0.1) is 0 Å². The summed E-state index contributed by atoms with van der Waals surface area (Å²) in [7, 11) is 0. The molecule has 1 saturated heterocycles. The van der Waals surface area contributed by atoms with Crippen molar-refractivity contribution in [3.05, 3.63) is 66.7 Å². The zero-order valence-corrected chi connectivity index (χ0v) is 16.1. The Labute approximate surface area is 172 Å². The summed E-state index contributed by atoms with van der Waals surface area (Å²) in [5, 5.41) is 5.83. The molecular formula is C21H20F2N6O. The molecule has 1 amide bonds. The number of para-hydroxylation sites is 1. The first-order chi connectivity index (χ1) is 14.5. The van der Waals surface area contributed by atoms with Crippen LogP contribution in [0.2, 0.25) is 0 Å². The molecule has 3 heterocycles. The summed E-state index contributed by atoms with van der Waals surface area (Å²) in [6.45, 7) is 0.414. The Morgan fingerprint density at radius 2 is 1.80 bits per heavy atom. The van der Waals surface area contributed by atoms with Crippen molar-refractivity contribution in [2.75, 3.05) is 28.6 Å². The van der Waals surface area contributed by atoms with Crippen LogP contribution in [0.25, 0.3) is 0 Å². The molecule has 0 radical (unpaired) electrons. The van der Waals surface area contributed by atoms with Gasteiger partial charge in [-0.25, -0.2) is 18.7 Å². The largest absolute Gasteiger partial charge is 0.369 e. The quantitative estimate of drug-likeness (QED) is 0.659. The average Bonchev–Trinajstić information content (AvgIpc) is 2.75. The molecule has 7 nitrogen and oxygen atoms in total. The highest BCUT2D eigenvalue weighted by Gasteiger charge is 2.34. The number of alkyl halides is 2. The van der Waals surface area contributed by atoms with Gasteiger partial charge in [0.15, 0.2) is 0 Å². The van der Waals surface area contributed by atoms with Crippen LogP contribution in [0.1, 0.15) is 23.3 Å². The normalized spacial score (nSPS) is 15.5. The van der Waals surface area contributed by atoms with Gasteiger partial charge in [-0.3, -0.25) is 9.78 Å². The standard InChI is InChI=1S/C21H20F2N6O/c22-21(23)8-12-29(13-9-21)18-7-10-24-14-17(18)27-19(30)16-6-11-25-20(28-16)26-15-4-2-1-3-5-15/h1-7,10-11,14H,8-9,12-13H2,(H,27,30)(H,25,26,28). The van der Waals surface area contributed by atoms with Crippen molar-refractivity contribution >= 4 is 28.9 Å². The molecule has 2 aromatic heterocycles. The number of piperidine rings is 1. The second-order valence-electron chi connectivity index (χ2n) is 6.95. The van der Waals surface area contributed by atoms with Crippen LogP contribution in [-0.4, -0.2) is 39.9 Å². The maximum atomic E-state index is 13.5. The molecule has 0 atom stereocenters. The van der Waals surface area contributed by atoms with E-state index in [1.165, 1.54) is 18.5 Å². The Kier molecular flexibility index (Phi) is 5.51. The number of hydrogen-bond donors (Lipinski definition) is 2. The van der Waals surface area contributed by atoms with E-state index in [1.807, 2.05) is 35.2 Å². The molecule has 0 bridgehead atoms. The highest BCUT2D eigenvalue weighted by Crippen LogP contribution is 2.33. The zero-order valence-electron chi connectivity index (χ0n) is 16.1. The minimum Gasteiger partial charge on any atom is -0.369 e. The van der Waals surface area contributed by atoms with Crippen molar-refractivity contribution in [3.8, 4) is 0 Å². The van der Waals surface area contributed by atoms with Gasteiger partial charge in [0.1, 0.15) is 5.69 Å². The van der Waals surface area contributed by atoms with Crippen LogP contribution in [0.15, 0.2) is 61.1 Å².